The first-order chi connectivity index (χ1) is 7.57. The number of aryl methyl sites for hydroxylation is 2. The summed E-state index contributed by atoms with van der Waals surface area (Å²) >= 11 is 26.8. The maximum Gasteiger partial charge on any atom is 0.208 e. The van der Waals surface area contributed by atoms with Gasteiger partial charge in [0.25, 0.3) is 0 Å². The highest BCUT2D eigenvalue weighted by atomic mass is 35.5. The molecule has 1 aliphatic rings. The van der Waals surface area contributed by atoms with E-state index in [1.54, 1.807) is 0 Å². The minimum atomic E-state index is -0.962. The number of thioether (sulfide) groups is 1. The van der Waals surface area contributed by atoms with Crippen LogP contribution < -0.4 is 0 Å². The van der Waals surface area contributed by atoms with Crippen LogP contribution in [0.4, 0.5) is 0 Å². The number of alkyl halides is 4. The Balaban J connectivity index is 0.000000181. The molecule has 8 heteroatoms. The zero-order chi connectivity index (χ0) is 13.4. The van der Waals surface area contributed by atoms with E-state index in [4.69, 9.17) is 46.4 Å². The molecular weight excluding hydrogens is 342 g/mol. The largest absolute Gasteiger partial charge is 0.228 e. The lowest BCUT2D eigenvalue weighted by atomic mass is 10.2. The standard InChI is InChI=1S/C7H10N2S.C2Cl4S/c1-4-5(2)8-7(10)9-6(4)3;3-1(4)2(5,6)7-1/h1-3H3,(H,8,9,10);. The minimum absolute atomic E-state index is 0.556. The van der Waals surface area contributed by atoms with Crippen molar-refractivity contribution in [1.29, 1.82) is 0 Å². The third kappa shape index (κ3) is 4.22. The smallest absolute Gasteiger partial charge is 0.208 e. The first-order valence-electron chi connectivity index (χ1n) is 4.53. The fraction of sp³-hybridized carbons (Fsp3) is 0.556. The Kier molecular flexibility index (Phi) is 5.19. The molecule has 1 aromatic heterocycles. The highest BCUT2D eigenvalue weighted by molar-refractivity contribution is 8.16. The van der Waals surface area contributed by atoms with Crippen LogP contribution in [0.1, 0.15) is 17.0 Å². The molecule has 1 fully saturated rings. The predicted molar refractivity (Wildman–Crippen MR) is 80.0 cm³/mol. The minimum Gasteiger partial charge on any atom is -0.228 e. The third-order valence-electron chi connectivity index (χ3n) is 2.17. The molecule has 1 aromatic rings. The summed E-state index contributed by atoms with van der Waals surface area (Å²) in [5.74, 6) is 0. The van der Waals surface area contributed by atoms with E-state index in [1.807, 2.05) is 20.8 Å². The van der Waals surface area contributed by atoms with Gasteiger partial charge in [-0.2, -0.15) is 0 Å². The van der Waals surface area contributed by atoms with E-state index in [1.165, 1.54) is 0 Å². The number of halogens is 4. The summed E-state index contributed by atoms with van der Waals surface area (Å²) in [7, 11) is 0. The first kappa shape index (κ1) is 16.0. The van der Waals surface area contributed by atoms with Gasteiger partial charge in [-0.1, -0.05) is 58.2 Å². The van der Waals surface area contributed by atoms with Gasteiger partial charge in [0.05, 0.1) is 0 Å². The summed E-state index contributed by atoms with van der Waals surface area (Å²) in [4.78, 5) is 8.17. The van der Waals surface area contributed by atoms with Gasteiger partial charge in [0.2, 0.25) is 7.33 Å². The van der Waals surface area contributed by atoms with Gasteiger partial charge in [-0.3, -0.25) is 0 Å². The molecule has 2 rings (SSSR count). The van der Waals surface area contributed by atoms with Crippen molar-refractivity contribution in [3.63, 3.8) is 0 Å². The highest BCUT2D eigenvalue weighted by Crippen LogP contribution is 2.74. The van der Waals surface area contributed by atoms with E-state index < -0.39 is 7.33 Å². The number of rotatable bonds is 0. The van der Waals surface area contributed by atoms with E-state index in [-0.39, 0.29) is 0 Å². The van der Waals surface area contributed by atoms with E-state index >= 15 is 0 Å². The Bertz CT molecular complexity index is 402. The molecule has 0 aromatic carbocycles. The lowest BCUT2D eigenvalue weighted by Crippen LogP contribution is -1.96. The van der Waals surface area contributed by atoms with E-state index in [0.29, 0.717) is 5.16 Å². The van der Waals surface area contributed by atoms with Crippen molar-refractivity contribution in [2.24, 2.45) is 0 Å². The van der Waals surface area contributed by atoms with Gasteiger partial charge >= 0.3 is 0 Å². The molecule has 0 radical (unpaired) electrons. The van der Waals surface area contributed by atoms with Crippen LogP contribution in [0.2, 0.25) is 0 Å². The van der Waals surface area contributed by atoms with Gasteiger partial charge in [0.1, 0.15) is 0 Å². The average molecular weight is 352 g/mol. The van der Waals surface area contributed by atoms with E-state index in [0.717, 1.165) is 28.7 Å². The normalized spacial score (nSPS) is 19.3. The molecular formula is C9H10Cl4N2S2. The van der Waals surface area contributed by atoms with Gasteiger partial charge in [0.15, 0.2) is 5.16 Å². The molecule has 0 bridgehead atoms. The number of thiol groups is 1. The lowest BCUT2D eigenvalue weighted by Gasteiger charge is -2.01. The van der Waals surface area contributed by atoms with Crippen molar-refractivity contribution in [3.8, 4) is 0 Å². The summed E-state index contributed by atoms with van der Waals surface area (Å²) < 4.78 is -1.92. The second kappa shape index (κ2) is 5.51. The fourth-order valence-corrected chi connectivity index (χ4v) is 3.32. The third-order valence-corrected chi connectivity index (χ3v) is 6.19. The quantitative estimate of drug-likeness (QED) is 0.318. The van der Waals surface area contributed by atoms with Crippen LogP contribution in [0, 0.1) is 20.8 Å². The van der Waals surface area contributed by atoms with Crippen LogP contribution in [-0.2, 0) is 0 Å². The zero-order valence-corrected chi connectivity index (χ0v) is 14.0. The van der Waals surface area contributed by atoms with Crippen LogP contribution in [0.15, 0.2) is 5.16 Å². The van der Waals surface area contributed by atoms with Gasteiger partial charge in [0, 0.05) is 11.4 Å². The number of hydrogen-bond acceptors (Lipinski definition) is 4. The Labute approximate surface area is 130 Å². The van der Waals surface area contributed by atoms with Crippen molar-refractivity contribution in [2.75, 3.05) is 0 Å². The Morgan fingerprint density at radius 1 is 0.941 bits per heavy atom. The van der Waals surface area contributed by atoms with E-state index in [9.17, 15) is 0 Å². The molecule has 0 N–H and O–H groups in total. The topological polar surface area (TPSA) is 25.8 Å². The molecule has 1 aliphatic heterocycles. The molecule has 2 nitrogen and oxygen atoms in total. The fourth-order valence-electron chi connectivity index (χ4n) is 0.890. The molecule has 0 spiro atoms. The van der Waals surface area contributed by atoms with Crippen molar-refractivity contribution >= 4 is 70.8 Å². The molecule has 2 heterocycles. The van der Waals surface area contributed by atoms with E-state index in [2.05, 4.69) is 22.6 Å². The molecule has 96 valence electrons. The molecule has 0 aliphatic carbocycles. The second-order valence-corrected chi connectivity index (χ2v) is 8.84. The van der Waals surface area contributed by atoms with Crippen molar-refractivity contribution in [1.82, 2.24) is 9.97 Å². The van der Waals surface area contributed by atoms with Crippen LogP contribution >= 0.6 is 70.8 Å². The van der Waals surface area contributed by atoms with Crippen LogP contribution in [0.5, 0.6) is 0 Å². The van der Waals surface area contributed by atoms with Gasteiger partial charge in [-0.15, -0.1) is 12.6 Å². The Morgan fingerprint density at radius 3 is 1.47 bits per heavy atom. The predicted octanol–water partition coefficient (Wildman–Crippen LogP) is 4.69. The van der Waals surface area contributed by atoms with Crippen LogP contribution in [0.25, 0.3) is 0 Å². The molecule has 0 amide bonds. The van der Waals surface area contributed by atoms with Crippen LogP contribution in [0.3, 0.4) is 0 Å². The number of nitrogens with zero attached hydrogens (tertiary/aromatic N) is 2. The molecule has 1 saturated heterocycles. The van der Waals surface area contributed by atoms with Crippen LogP contribution in [-0.4, -0.2) is 17.3 Å². The maximum atomic E-state index is 5.40. The van der Waals surface area contributed by atoms with Crippen molar-refractivity contribution in [2.45, 2.75) is 33.3 Å². The monoisotopic (exact) mass is 350 g/mol. The molecule has 17 heavy (non-hydrogen) atoms. The van der Waals surface area contributed by atoms with Gasteiger partial charge < -0.3 is 0 Å². The summed E-state index contributed by atoms with van der Waals surface area (Å²) in [6.07, 6.45) is 0. The Morgan fingerprint density at radius 2 is 1.24 bits per heavy atom. The van der Waals surface area contributed by atoms with Crippen molar-refractivity contribution < 1.29 is 0 Å². The highest BCUT2D eigenvalue weighted by Gasteiger charge is 2.67. The maximum absolute atomic E-state index is 5.40. The van der Waals surface area contributed by atoms with Gasteiger partial charge in [-0.25, -0.2) is 9.97 Å². The summed E-state index contributed by atoms with van der Waals surface area (Å²) in [5.41, 5.74) is 3.17. The first-order valence-corrected chi connectivity index (χ1v) is 7.31. The second-order valence-electron chi connectivity index (χ2n) is 3.46. The average Bonchev–Trinajstić information content (AvgIpc) is 2.59. The number of hydrogen-bond donors (Lipinski definition) is 1. The molecule has 0 unspecified atom stereocenters. The summed E-state index contributed by atoms with van der Waals surface area (Å²) in [6.45, 7) is 5.94. The Hall–Kier alpha value is 0.940. The number of aromatic nitrogens is 2. The summed E-state index contributed by atoms with van der Waals surface area (Å²) in [6, 6.07) is 0. The summed E-state index contributed by atoms with van der Waals surface area (Å²) in [5, 5.41) is 0.556. The lowest BCUT2D eigenvalue weighted by molar-refractivity contribution is 0.886. The van der Waals surface area contributed by atoms with Crippen molar-refractivity contribution in [3.05, 3.63) is 17.0 Å². The molecule has 0 atom stereocenters. The molecule has 0 saturated carbocycles. The SMILES string of the molecule is Cc1nc(S)nc(C)c1C.ClC1(Cl)SC1(Cl)Cl. The zero-order valence-electron chi connectivity index (χ0n) is 9.26. The van der Waals surface area contributed by atoms with Gasteiger partial charge in [-0.05, 0) is 26.3 Å².